The monoisotopic (exact) mass is 274 g/mol. The number of carbonyl (C=O) groups excluding carboxylic acids is 2. The van der Waals surface area contributed by atoms with E-state index in [1.807, 2.05) is 0 Å². The molecule has 104 valence electrons. The molecule has 0 radical (unpaired) electrons. The van der Waals surface area contributed by atoms with E-state index < -0.39 is 0 Å². The molecule has 2 aromatic rings. The van der Waals surface area contributed by atoms with Crippen LogP contribution in [0.4, 0.5) is 0 Å². The van der Waals surface area contributed by atoms with Gasteiger partial charge in [-0.3, -0.25) is 14.6 Å². The summed E-state index contributed by atoms with van der Waals surface area (Å²) in [5.74, 6) is 0.0383. The molecule has 2 amide bonds. The van der Waals surface area contributed by atoms with Gasteiger partial charge in [-0.1, -0.05) is 0 Å². The minimum Gasteiger partial charge on any atom is -0.463 e. The van der Waals surface area contributed by atoms with E-state index in [0.717, 1.165) is 0 Å². The number of aromatic nitrogens is 2. The molecule has 0 saturated heterocycles. The summed E-state index contributed by atoms with van der Waals surface area (Å²) in [6, 6.07) is 3.52. The maximum Gasteiger partial charge on any atom is 0.239 e. The predicted octanol–water partition coefficient (Wildman–Crippen LogP) is 0.489. The summed E-state index contributed by atoms with van der Waals surface area (Å²) < 4.78 is 5.27. The van der Waals surface area contributed by atoms with Gasteiger partial charge in [-0.2, -0.15) is 0 Å². The molecule has 2 aromatic heterocycles. The van der Waals surface area contributed by atoms with Crippen molar-refractivity contribution in [3.63, 3.8) is 0 Å². The lowest BCUT2D eigenvalue weighted by molar-refractivity contribution is -0.125. The zero-order valence-electron chi connectivity index (χ0n) is 10.9. The first-order chi connectivity index (χ1) is 9.66. The van der Waals surface area contributed by atoms with Gasteiger partial charge in [-0.15, -0.1) is 0 Å². The van der Waals surface area contributed by atoms with Crippen LogP contribution in [0.3, 0.4) is 0 Å². The quantitative estimate of drug-likeness (QED) is 0.827. The molecule has 0 spiro atoms. The number of furan rings is 1. The van der Waals surface area contributed by atoms with Crippen molar-refractivity contribution >= 4 is 11.8 Å². The number of amides is 2. The summed E-state index contributed by atoms with van der Waals surface area (Å²) in [5.41, 5.74) is 1.18. The summed E-state index contributed by atoms with van der Waals surface area (Å²) in [4.78, 5) is 30.6. The maximum atomic E-state index is 11.5. The van der Waals surface area contributed by atoms with Gasteiger partial charge < -0.3 is 15.1 Å². The normalized spacial score (nSPS) is 10.1. The molecule has 0 atom stereocenters. The van der Waals surface area contributed by atoms with Crippen molar-refractivity contribution in [2.45, 2.75) is 13.5 Å². The Morgan fingerprint density at radius 2 is 2.05 bits per heavy atom. The Morgan fingerprint density at radius 1 is 1.25 bits per heavy atom. The second-order valence-corrected chi connectivity index (χ2v) is 4.02. The molecule has 20 heavy (non-hydrogen) atoms. The Bertz CT molecular complexity index is 595. The van der Waals surface area contributed by atoms with Crippen molar-refractivity contribution in [1.82, 2.24) is 20.6 Å². The number of hydrogen-bond acceptors (Lipinski definition) is 5. The van der Waals surface area contributed by atoms with E-state index in [4.69, 9.17) is 4.42 Å². The molecule has 0 bridgehead atoms. The van der Waals surface area contributed by atoms with Gasteiger partial charge in [0.25, 0.3) is 0 Å². The lowest BCUT2D eigenvalue weighted by Gasteiger charge is -2.07. The Kier molecular flexibility index (Phi) is 4.43. The van der Waals surface area contributed by atoms with E-state index in [9.17, 15) is 9.59 Å². The molecule has 0 aliphatic rings. The molecule has 2 heterocycles. The summed E-state index contributed by atoms with van der Waals surface area (Å²) in [7, 11) is 0. The van der Waals surface area contributed by atoms with Crippen LogP contribution in [0.25, 0.3) is 11.5 Å². The molecule has 0 aromatic carbocycles. The third-order valence-electron chi connectivity index (χ3n) is 2.48. The topological polar surface area (TPSA) is 97.1 Å². The number of nitrogens with zero attached hydrogens (tertiary/aromatic N) is 2. The number of hydrogen-bond donors (Lipinski definition) is 2. The molecular formula is C13H14N4O3. The minimum atomic E-state index is -0.295. The van der Waals surface area contributed by atoms with Crippen molar-refractivity contribution < 1.29 is 14.0 Å². The lowest BCUT2D eigenvalue weighted by Crippen LogP contribution is -2.35. The summed E-state index contributed by atoms with van der Waals surface area (Å²) >= 11 is 0. The molecule has 0 aliphatic carbocycles. The van der Waals surface area contributed by atoms with Gasteiger partial charge in [0.1, 0.15) is 5.69 Å². The van der Waals surface area contributed by atoms with Crippen molar-refractivity contribution in [2.75, 3.05) is 6.54 Å². The summed E-state index contributed by atoms with van der Waals surface area (Å²) in [6.07, 6.45) is 4.64. The van der Waals surface area contributed by atoms with Gasteiger partial charge in [0, 0.05) is 19.3 Å². The fourth-order valence-electron chi connectivity index (χ4n) is 1.56. The van der Waals surface area contributed by atoms with E-state index in [1.165, 1.54) is 6.92 Å². The number of nitrogens with one attached hydrogen (secondary N) is 2. The van der Waals surface area contributed by atoms with Gasteiger partial charge in [0.15, 0.2) is 5.76 Å². The molecule has 7 nitrogen and oxygen atoms in total. The molecule has 2 N–H and O–H groups in total. The van der Waals surface area contributed by atoms with Crippen molar-refractivity contribution in [1.29, 1.82) is 0 Å². The average molecular weight is 274 g/mol. The minimum absolute atomic E-state index is 0.0638. The third-order valence-corrected chi connectivity index (χ3v) is 2.48. The van der Waals surface area contributed by atoms with Crippen LogP contribution in [0.5, 0.6) is 0 Å². The Labute approximate surface area is 115 Å². The molecular weight excluding hydrogens is 260 g/mol. The first-order valence-corrected chi connectivity index (χ1v) is 6.01. The van der Waals surface area contributed by atoms with Crippen molar-refractivity contribution in [3.8, 4) is 11.5 Å². The van der Waals surface area contributed by atoms with E-state index in [0.29, 0.717) is 17.1 Å². The third kappa shape index (κ3) is 3.64. The first kappa shape index (κ1) is 13.7. The van der Waals surface area contributed by atoms with Crippen LogP contribution in [-0.4, -0.2) is 28.3 Å². The Hall–Kier alpha value is -2.70. The van der Waals surface area contributed by atoms with E-state index in [-0.39, 0.29) is 24.9 Å². The van der Waals surface area contributed by atoms with Crippen LogP contribution in [0.2, 0.25) is 0 Å². The zero-order valence-corrected chi connectivity index (χ0v) is 10.9. The van der Waals surface area contributed by atoms with Gasteiger partial charge in [0.2, 0.25) is 11.8 Å². The molecule has 0 saturated carbocycles. The predicted molar refractivity (Wildman–Crippen MR) is 70.3 cm³/mol. The van der Waals surface area contributed by atoms with Crippen LogP contribution in [0, 0.1) is 0 Å². The van der Waals surface area contributed by atoms with Crippen LogP contribution < -0.4 is 10.6 Å². The molecule has 7 heteroatoms. The average Bonchev–Trinajstić information content (AvgIpc) is 2.97. The lowest BCUT2D eigenvalue weighted by atomic mass is 10.2. The second kappa shape index (κ2) is 6.46. The zero-order chi connectivity index (χ0) is 14.4. The number of carbonyl (C=O) groups is 2. The van der Waals surface area contributed by atoms with Crippen LogP contribution in [-0.2, 0) is 16.1 Å². The van der Waals surface area contributed by atoms with Crippen LogP contribution in [0.1, 0.15) is 12.6 Å². The van der Waals surface area contributed by atoms with Crippen molar-refractivity contribution in [3.05, 3.63) is 36.5 Å². The van der Waals surface area contributed by atoms with Gasteiger partial charge in [-0.05, 0) is 12.1 Å². The van der Waals surface area contributed by atoms with Gasteiger partial charge in [-0.25, -0.2) is 4.98 Å². The maximum absolute atomic E-state index is 11.5. The number of rotatable bonds is 5. The highest BCUT2D eigenvalue weighted by Crippen LogP contribution is 2.19. The smallest absolute Gasteiger partial charge is 0.239 e. The van der Waals surface area contributed by atoms with E-state index in [2.05, 4.69) is 20.6 Å². The van der Waals surface area contributed by atoms with E-state index in [1.54, 1.807) is 30.8 Å². The van der Waals surface area contributed by atoms with E-state index >= 15 is 0 Å². The SMILES string of the molecule is CC(=O)NCC(=O)NCc1nccnc1-c1ccco1. The highest BCUT2D eigenvalue weighted by Gasteiger charge is 2.11. The summed E-state index contributed by atoms with van der Waals surface area (Å²) in [5, 5.41) is 5.08. The molecule has 2 rings (SSSR count). The molecule has 0 aliphatic heterocycles. The standard InChI is InChI=1S/C13H14N4O3/c1-9(18)16-8-12(19)17-7-10-13(15-5-4-14-10)11-3-2-6-20-11/h2-6H,7-8H2,1H3,(H,16,18)(H,17,19). The summed E-state index contributed by atoms with van der Waals surface area (Å²) in [6.45, 7) is 1.50. The molecule has 0 unspecified atom stereocenters. The van der Waals surface area contributed by atoms with Crippen LogP contribution in [0.15, 0.2) is 35.2 Å². The fourth-order valence-corrected chi connectivity index (χ4v) is 1.56. The van der Waals surface area contributed by atoms with Gasteiger partial charge in [0.05, 0.1) is 25.0 Å². The first-order valence-electron chi connectivity index (χ1n) is 6.01. The Morgan fingerprint density at radius 3 is 2.75 bits per heavy atom. The molecule has 0 fully saturated rings. The largest absolute Gasteiger partial charge is 0.463 e. The van der Waals surface area contributed by atoms with Gasteiger partial charge >= 0.3 is 0 Å². The highest BCUT2D eigenvalue weighted by atomic mass is 16.3. The Balaban J connectivity index is 2.00. The fraction of sp³-hybridized carbons (Fsp3) is 0.231. The van der Waals surface area contributed by atoms with Crippen molar-refractivity contribution in [2.24, 2.45) is 0 Å². The van der Waals surface area contributed by atoms with Crippen LogP contribution >= 0.6 is 0 Å². The highest BCUT2D eigenvalue weighted by molar-refractivity contribution is 5.83. The second-order valence-electron chi connectivity index (χ2n) is 4.02.